The average molecular weight is 814 g/mol. The zero-order chi connectivity index (χ0) is 40.1. The van der Waals surface area contributed by atoms with Crippen molar-refractivity contribution in [1.29, 1.82) is 0 Å². The number of carbonyl (C=O) groups excluding carboxylic acids is 3. The van der Waals surface area contributed by atoms with Crippen LogP contribution in [0.15, 0.2) is 73.1 Å². The van der Waals surface area contributed by atoms with Gasteiger partial charge in [-0.1, -0.05) is 12.1 Å². The number of Topliss-reactive ketones (excluding diaryl/α,β-unsaturated/α-hetero) is 1. The molecule has 2 aliphatic rings. The van der Waals surface area contributed by atoms with Gasteiger partial charge in [0.1, 0.15) is 28.7 Å². The molecule has 292 valence electrons. The lowest BCUT2D eigenvalue weighted by atomic mass is 9.97. The van der Waals surface area contributed by atoms with Gasteiger partial charge in [0, 0.05) is 107 Å². The molecule has 8 aromatic rings. The predicted octanol–water partition coefficient (Wildman–Crippen LogP) is 8.96. The largest absolute Gasteiger partial charge is 0.506 e. The normalized spacial score (nSPS) is 16.3. The smallest absolute Gasteiger partial charge is 0.274 e. The molecular weight excluding hydrogens is 775 g/mol. The molecule has 2 atom stereocenters. The van der Waals surface area contributed by atoms with Crippen molar-refractivity contribution in [1.82, 2.24) is 19.9 Å². The maximum absolute atomic E-state index is 14.0. The topological polar surface area (TPSA) is 161 Å². The van der Waals surface area contributed by atoms with E-state index in [1.807, 2.05) is 62.6 Å². The van der Waals surface area contributed by atoms with E-state index >= 15 is 0 Å². The van der Waals surface area contributed by atoms with Crippen molar-refractivity contribution in [3.63, 3.8) is 0 Å². The van der Waals surface area contributed by atoms with Crippen LogP contribution in [0.25, 0.3) is 43.6 Å². The highest BCUT2D eigenvalue weighted by atomic mass is 35.5. The summed E-state index contributed by atoms with van der Waals surface area (Å²) >= 11 is 12.8. The number of carbonyl (C=O) groups is 3. The van der Waals surface area contributed by atoms with Crippen LogP contribution in [0, 0.1) is 13.8 Å². The summed E-state index contributed by atoms with van der Waals surface area (Å²) in [7, 11) is 0. The predicted molar refractivity (Wildman–Crippen MR) is 229 cm³/mol. The number of rotatable bonds is 8. The number of hydrogen-bond acceptors (Lipinski definition) is 5. The van der Waals surface area contributed by atoms with E-state index in [9.17, 15) is 24.6 Å². The first kappa shape index (κ1) is 36.2. The van der Waals surface area contributed by atoms with Crippen molar-refractivity contribution >= 4 is 95.8 Å². The first-order valence-electron chi connectivity index (χ1n) is 19.2. The number of fused-ring (bicyclic) bond motifs is 8. The van der Waals surface area contributed by atoms with Gasteiger partial charge in [-0.15, -0.1) is 23.2 Å². The number of amides is 2. The number of nitrogens with zero attached hydrogens (tertiary/aromatic N) is 2. The second-order valence-electron chi connectivity index (χ2n) is 15.7. The lowest BCUT2D eigenvalue weighted by Gasteiger charge is -2.17. The number of aromatic amines is 4. The third-order valence-electron chi connectivity index (χ3n) is 12.0. The molecule has 6 heterocycles. The van der Waals surface area contributed by atoms with E-state index < -0.39 is 0 Å². The fourth-order valence-corrected chi connectivity index (χ4v) is 9.81. The Hall–Kier alpha value is -6.17. The molecule has 0 aliphatic carbocycles. The number of aromatic hydroxyl groups is 2. The average Bonchev–Trinajstić information content (AvgIpc) is 4.06. The molecule has 2 amide bonds. The van der Waals surface area contributed by atoms with E-state index in [2.05, 4.69) is 19.9 Å². The molecule has 4 aromatic carbocycles. The number of phenols is 2. The Morgan fingerprint density at radius 3 is 1.50 bits per heavy atom. The number of halogens is 2. The van der Waals surface area contributed by atoms with E-state index in [0.717, 1.165) is 66.0 Å². The van der Waals surface area contributed by atoms with Gasteiger partial charge in [-0.05, 0) is 83.6 Å². The number of H-pyrrole nitrogens is 4. The molecule has 0 unspecified atom stereocenters. The summed E-state index contributed by atoms with van der Waals surface area (Å²) in [6.07, 6.45) is 4.11. The number of nitrogens with one attached hydrogen (secondary N) is 4. The summed E-state index contributed by atoms with van der Waals surface area (Å²) in [6, 6.07) is 18.3. The molecule has 0 saturated carbocycles. The first-order chi connectivity index (χ1) is 28.0. The van der Waals surface area contributed by atoms with Gasteiger partial charge in [0.2, 0.25) is 0 Å². The van der Waals surface area contributed by atoms with E-state index in [1.165, 1.54) is 0 Å². The maximum atomic E-state index is 14.0. The standard InChI is InChI=1S/C45H38Cl2N6O5/c1-21-17-48-42-36(55)13-34-40(38(21)42)27(15-46)19-52(34)44(57)32-11-25-7-23(3-5-30(25)50-32)9-29(54)10-24-4-6-31-26(8-24)12-33(51-31)45(58)53-20-28(16-47)41-35(53)14-37(56)43-39(41)22(2)18-49-43/h3-8,11-14,17-18,27-28,48-51,55-56H,9-10,15-16,19-20H2,1-2H3/t27-,28-/m1/s1. The highest BCUT2D eigenvalue weighted by molar-refractivity contribution is 6.20. The van der Waals surface area contributed by atoms with Gasteiger partial charge in [0.15, 0.2) is 0 Å². The van der Waals surface area contributed by atoms with Crippen molar-refractivity contribution in [3.8, 4) is 11.5 Å². The molecule has 13 heteroatoms. The van der Waals surface area contributed by atoms with Gasteiger partial charge in [-0.2, -0.15) is 0 Å². The summed E-state index contributed by atoms with van der Waals surface area (Å²) < 4.78 is 0. The van der Waals surface area contributed by atoms with Crippen LogP contribution in [0.1, 0.15) is 66.2 Å². The summed E-state index contributed by atoms with van der Waals surface area (Å²) in [5.41, 5.74) is 10.5. The van der Waals surface area contributed by atoms with Crippen LogP contribution in [0.3, 0.4) is 0 Å². The molecule has 2 aliphatic heterocycles. The SMILES string of the molecule is Cc1c[nH]c2c(O)cc3c(c12)[C@H](CCl)CN3C(=O)c1cc2cc(CC(=O)Cc3ccc4[nH]c(C(=O)N5C[C@@H](CCl)c6c5cc(O)c5[nH]cc(C)c65)cc4c3)ccc2[nH]1. The second-order valence-corrected chi connectivity index (χ2v) is 16.4. The second kappa shape index (κ2) is 13.5. The molecule has 4 aromatic heterocycles. The number of ketones is 1. The Morgan fingerprint density at radius 2 is 1.09 bits per heavy atom. The third-order valence-corrected chi connectivity index (χ3v) is 12.8. The van der Waals surface area contributed by atoms with E-state index in [4.69, 9.17) is 23.2 Å². The zero-order valence-corrected chi connectivity index (χ0v) is 33.1. The number of alkyl halides is 2. The van der Waals surface area contributed by atoms with Crippen LogP contribution in [0.5, 0.6) is 11.5 Å². The molecular formula is C45H38Cl2N6O5. The Balaban J connectivity index is 0.850. The molecule has 0 saturated heterocycles. The Morgan fingerprint density at radius 1 is 0.655 bits per heavy atom. The zero-order valence-electron chi connectivity index (χ0n) is 31.6. The van der Waals surface area contributed by atoms with Crippen LogP contribution in [-0.4, -0.2) is 72.6 Å². The monoisotopic (exact) mass is 812 g/mol. The maximum Gasteiger partial charge on any atom is 0.274 e. The summed E-state index contributed by atoms with van der Waals surface area (Å²) in [5.74, 6) is 0.226. The number of aryl methyl sites for hydroxylation is 2. The highest BCUT2D eigenvalue weighted by Crippen LogP contribution is 2.48. The quantitative estimate of drug-likeness (QED) is 0.0844. The molecule has 0 fully saturated rings. The van der Waals surface area contributed by atoms with Gasteiger partial charge < -0.3 is 39.9 Å². The van der Waals surface area contributed by atoms with Crippen molar-refractivity contribution in [2.45, 2.75) is 38.5 Å². The van der Waals surface area contributed by atoms with E-state index in [1.54, 1.807) is 34.1 Å². The van der Waals surface area contributed by atoms with Gasteiger partial charge in [0.05, 0.1) is 22.4 Å². The van der Waals surface area contributed by atoms with E-state index in [-0.39, 0.29) is 53.8 Å². The third kappa shape index (κ3) is 5.59. The molecule has 0 bridgehead atoms. The Labute approximate surface area is 341 Å². The van der Waals surface area contributed by atoms with Crippen LogP contribution in [0.4, 0.5) is 11.4 Å². The molecule has 10 rings (SSSR count). The van der Waals surface area contributed by atoms with Crippen LogP contribution >= 0.6 is 23.2 Å². The number of phenolic OH excluding ortho intramolecular Hbond substituents is 2. The Kier molecular flexibility index (Phi) is 8.40. The minimum absolute atomic E-state index is 0.0243. The number of benzene rings is 4. The fraction of sp³-hybridized carbons (Fsp3) is 0.222. The first-order valence-corrected chi connectivity index (χ1v) is 20.3. The number of hydrogen-bond donors (Lipinski definition) is 6. The minimum Gasteiger partial charge on any atom is -0.506 e. The van der Waals surface area contributed by atoms with Crippen molar-refractivity contribution in [3.05, 3.63) is 118 Å². The summed E-state index contributed by atoms with van der Waals surface area (Å²) in [5, 5.41) is 25.0. The lowest BCUT2D eigenvalue weighted by Crippen LogP contribution is -2.30. The van der Waals surface area contributed by atoms with Crippen LogP contribution in [-0.2, 0) is 17.6 Å². The van der Waals surface area contributed by atoms with E-state index in [0.29, 0.717) is 58.6 Å². The van der Waals surface area contributed by atoms with Crippen LogP contribution in [0.2, 0.25) is 0 Å². The van der Waals surface area contributed by atoms with Crippen molar-refractivity contribution < 1.29 is 24.6 Å². The van der Waals surface area contributed by atoms with Crippen molar-refractivity contribution in [2.75, 3.05) is 34.6 Å². The fourth-order valence-electron chi connectivity index (χ4n) is 9.31. The number of aromatic nitrogens is 4. The van der Waals surface area contributed by atoms with Crippen molar-refractivity contribution in [2.24, 2.45) is 0 Å². The molecule has 11 nitrogen and oxygen atoms in total. The molecule has 58 heavy (non-hydrogen) atoms. The van der Waals surface area contributed by atoms with Crippen LogP contribution < -0.4 is 9.80 Å². The molecule has 6 N–H and O–H groups in total. The van der Waals surface area contributed by atoms with Gasteiger partial charge in [-0.3, -0.25) is 14.4 Å². The number of anilines is 2. The lowest BCUT2D eigenvalue weighted by molar-refractivity contribution is -0.117. The molecule has 0 spiro atoms. The van der Waals surface area contributed by atoms with Gasteiger partial charge in [0.25, 0.3) is 11.8 Å². The molecule has 0 radical (unpaired) electrons. The minimum atomic E-state index is -0.225. The van der Waals surface area contributed by atoms with Gasteiger partial charge >= 0.3 is 0 Å². The highest BCUT2D eigenvalue weighted by Gasteiger charge is 2.38. The van der Waals surface area contributed by atoms with Gasteiger partial charge in [-0.25, -0.2) is 0 Å². The summed E-state index contributed by atoms with van der Waals surface area (Å²) in [4.78, 5) is 57.5. The summed E-state index contributed by atoms with van der Waals surface area (Å²) in [6.45, 7) is 4.73. The Bertz CT molecular complexity index is 2840.